The first-order valence-electron chi connectivity index (χ1n) is 7.11. The van der Waals surface area contributed by atoms with Gasteiger partial charge in [0, 0.05) is 23.3 Å². The van der Waals surface area contributed by atoms with Gasteiger partial charge in [-0.25, -0.2) is 4.79 Å². The third-order valence-electron chi connectivity index (χ3n) is 3.25. The number of anilines is 1. The van der Waals surface area contributed by atoms with Crippen LogP contribution in [-0.4, -0.2) is 24.8 Å². The number of carboxylic acids is 1. The third-order valence-corrected chi connectivity index (χ3v) is 3.60. The number of aromatic carboxylic acids is 1. The van der Waals surface area contributed by atoms with Gasteiger partial charge in [-0.3, -0.25) is 0 Å². The van der Waals surface area contributed by atoms with Crippen LogP contribution in [0.2, 0.25) is 5.02 Å². The van der Waals surface area contributed by atoms with Crippen molar-refractivity contribution in [2.24, 2.45) is 0 Å². The van der Waals surface area contributed by atoms with E-state index in [1.165, 1.54) is 0 Å². The Bertz CT molecular complexity index is 686. The summed E-state index contributed by atoms with van der Waals surface area (Å²) in [6.07, 6.45) is 0. The topological polar surface area (TPSA) is 67.8 Å². The summed E-state index contributed by atoms with van der Waals surface area (Å²) in [6, 6.07) is 10.1. The maximum Gasteiger partial charge on any atom is 0.335 e. The molecule has 122 valence electrons. The predicted octanol–water partition coefficient (Wildman–Crippen LogP) is 4.06. The van der Waals surface area contributed by atoms with Crippen LogP contribution in [0.1, 0.15) is 22.8 Å². The van der Waals surface area contributed by atoms with Gasteiger partial charge in [-0.15, -0.1) is 0 Å². The Labute approximate surface area is 139 Å². The molecule has 2 aromatic rings. The number of hydrogen-bond donors (Lipinski definition) is 2. The van der Waals surface area contributed by atoms with Gasteiger partial charge in [0.2, 0.25) is 0 Å². The van der Waals surface area contributed by atoms with Gasteiger partial charge in [-0.1, -0.05) is 11.6 Å². The molecule has 0 spiro atoms. The Morgan fingerprint density at radius 3 is 2.48 bits per heavy atom. The van der Waals surface area contributed by atoms with Crippen LogP contribution in [0.25, 0.3) is 0 Å². The zero-order valence-corrected chi connectivity index (χ0v) is 13.7. The molecule has 0 saturated carbocycles. The molecule has 0 fully saturated rings. The number of ether oxygens (including phenoxy) is 2. The van der Waals surface area contributed by atoms with Gasteiger partial charge in [-0.05, 0) is 42.8 Å². The summed E-state index contributed by atoms with van der Waals surface area (Å²) >= 11 is 6.26. The van der Waals surface area contributed by atoms with E-state index in [0.717, 1.165) is 11.3 Å². The molecule has 0 saturated heterocycles. The highest BCUT2D eigenvalue weighted by atomic mass is 35.5. The highest BCUT2D eigenvalue weighted by Crippen LogP contribution is 2.33. The van der Waals surface area contributed by atoms with Crippen LogP contribution >= 0.6 is 11.6 Å². The molecular weight excluding hydrogens is 318 g/mol. The van der Waals surface area contributed by atoms with Gasteiger partial charge in [-0.2, -0.15) is 0 Å². The fraction of sp³-hybridized carbons (Fsp3) is 0.235. The van der Waals surface area contributed by atoms with Crippen molar-refractivity contribution in [3.8, 4) is 11.5 Å². The number of rotatable bonds is 7. The molecule has 2 rings (SSSR count). The van der Waals surface area contributed by atoms with Crippen molar-refractivity contribution in [1.82, 2.24) is 0 Å². The molecule has 0 radical (unpaired) electrons. The summed E-state index contributed by atoms with van der Waals surface area (Å²) in [6.45, 7) is 2.91. The minimum absolute atomic E-state index is 0.247. The van der Waals surface area contributed by atoms with Crippen LogP contribution in [0.4, 0.5) is 5.69 Å². The van der Waals surface area contributed by atoms with Crippen LogP contribution in [0.3, 0.4) is 0 Å². The number of methoxy groups -OCH3 is 1. The van der Waals surface area contributed by atoms with E-state index in [0.29, 0.717) is 29.7 Å². The highest BCUT2D eigenvalue weighted by molar-refractivity contribution is 6.31. The van der Waals surface area contributed by atoms with Crippen LogP contribution in [0.5, 0.6) is 11.5 Å². The number of carboxylic acid groups (broad SMARTS) is 1. The Balaban J connectivity index is 2.13. The van der Waals surface area contributed by atoms with Crippen LogP contribution in [-0.2, 0) is 6.54 Å². The van der Waals surface area contributed by atoms with E-state index in [2.05, 4.69) is 5.32 Å². The lowest BCUT2D eigenvalue weighted by Crippen LogP contribution is -2.03. The molecule has 0 heterocycles. The van der Waals surface area contributed by atoms with E-state index < -0.39 is 5.97 Å². The number of halogens is 1. The molecule has 23 heavy (non-hydrogen) atoms. The molecule has 2 N–H and O–H groups in total. The molecule has 0 aromatic heterocycles. The summed E-state index contributed by atoms with van der Waals surface area (Å²) in [5.74, 6) is 0.278. The number of benzene rings is 2. The first-order chi connectivity index (χ1) is 11.0. The first kappa shape index (κ1) is 17.0. The number of hydrogen-bond acceptors (Lipinski definition) is 4. The van der Waals surface area contributed by atoms with Crippen LogP contribution in [0, 0.1) is 0 Å². The van der Waals surface area contributed by atoms with Crippen molar-refractivity contribution in [3.05, 3.63) is 52.5 Å². The molecule has 0 bridgehead atoms. The molecule has 0 aliphatic carbocycles. The minimum atomic E-state index is -0.948. The monoisotopic (exact) mass is 335 g/mol. The third kappa shape index (κ3) is 4.29. The molecule has 0 amide bonds. The molecule has 0 atom stereocenters. The lowest BCUT2D eigenvalue weighted by Gasteiger charge is -2.14. The quantitative estimate of drug-likeness (QED) is 0.798. The van der Waals surface area contributed by atoms with E-state index in [9.17, 15) is 4.79 Å². The van der Waals surface area contributed by atoms with Crippen molar-refractivity contribution in [2.75, 3.05) is 19.0 Å². The number of carbonyl (C=O) groups is 1. The second-order valence-electron chi connectivity index (χ2n) is 4.76. The molecule has 0 aliphatic heterocycles. The van der Waals surface area contributed by atoms with Gasteiger partial charge < -0.3 is 19.9 Å². The zero-order valence-electron chi connectivity index (χ0n) is 12.9. The maximum absolute atomic E-state index is 10.8. The maximum atomic E-state index is 10.8. The average molecular weight is 336 g/mol. The van der Waals surface area contributed by atoms with E-state index in [1.54, 1.807) is 37.4 Å². The van der Waals surface area contributed by atoms with Gasteiger partial charge in [0.1, 0.15) is 0 Å². The van der Waals surface area contributed by atoms with Gasteiger partial charge >= 0.3 is 5.97 Å². The van der Waals surface area contributed by atoms with Gasteiger partial charge in [0.05, 0.1) is 19.3 Å². The zero-order chi connectivity index (χ0) is 16.8. The molecule has 6 heteroatoms. The summed E-state index contributed by atoms with van der Waals surface area (Å²) in [5.41, 5.74) is 1.91. The number of nitrogens with one attached hydrogen (secondary N) is 1. The van der Waals surface area contributed by atoms with E-state index in [-0.39, 0.29) is 5.56 Å². The normalized spacial score (nSPS) is 10.2. The van der Waals surface area contributed by atoms with Crippen molar-refractivity contribution in [3.63, 3.8) is 0 Å². The Hall–Kier alpha value is -2.40. The largest absolute Gasteiger partial charge is 0.493 e. The Morgan fingerprint density at radius 1 is 1.22 bits per heavy atom. The van der Waals surface area contributed by atoms with E-state index in [1.807, 2.05) is 13.0 Å². The fourth-order valence-electron chi connectivity index (χ4n) is 2.07. The molecular formula is C17H18ClNO4. The summed E-state index contributed by atoms with van der Waals surface area (Å²) in [4.78, 5) is 10.8. The molecule has 5 nitrogen and oxygen atoms in total. The summed E-state index contributed by atoms with van der Waals surface area (Å²) in [7, 11) is 1.57. The second-order valence-corrected chi connectivity index (χ2v) is 5.17. The van der Waals surface area contributed by atoms with Crippen LogP contribution < -0.4 is 14.8 Å². The van der Waals surface area contributed by atoms with Crippen molar-refractivity contribution in [1.29, 1.82) is 0 Å². The van der Waals surface area contributed by atoms with Gasteiger partial charge in [0.15, 0.2) is 11.5 Å². The summed E-state index contributed by atoms with van der Waals surface area (Å²) < 4.78 is 10.8. The lowest BCUT2D eigenvalue weighted by molar-refractivity contribution is 0.0697. The van der Waals surface area contributed by atoms with E-state index >= 15 is 0 Å². The van der Waals surface area contributed by atoms with Crippen LogP contribution in [0.15, 0.2) is 36.4 Å². The molecule has 0 unspecified atom stereocenters. The Kier molecular flexibility index (Phi) is 5.71. The molecule has 2 aromatic carbocycles. The SMILES string of the molecule is CCOc1cc(CNc2ccc(C(=O)O)cc2)c(Cl)cc1OC. The smallest absolute Gasteiger partial charge is 0.335 e. The fourth-order valence-corrected chi connectivity index (χ4v) is 2.29. The highest BCUT2D eigenvalue weighted by Gasteiger charge is 2.10. The lowest BCUT2D eigenvalue weighted by atomic mass is 10.1. The van der Waals surface area contributed by atoms with E-state index in [4.69, 9.17) is 26.2 Å². The standard InChI is InChI=1S/C17H18ClNO4/c1-3-23-16-8-12(14(18)9-15(16)22-2)10-19-13-6-4-11(5-7-13)17(20)21/h4-9,19H,3,10H2,1-2H3,(H,20,21). The predicted molar refractivity (Wildman–Crippen MR) is 89.9 cm³/mol. The summed E-state index contributed by atoms with van der Waals surface area (Å²) in [5, 5.41) is 12.7. The van der Waals surface area contributed by atoms with Crippen molar-refractivity contribution < 1.29 is 19.4 Å². The minimum Gasteiger partial charge on any atom is -0.493 e. The van der Waals surface area contributed by atoms with Crippen molar-refractivity contribution in [2.45, 2.75) is 13.5 Å². The Morgan fingerprint density at radius 2 is 1.91 bits per heavy atom. The van der Waals surface area contributed by atoms with Crippen molar-refractivity contribution >= 4 is 23.3 Å². The second kappa shape index (κ2) is 7.74. The first-order valence-corrected chi connectivity index (χ1v) is 7.49. The average Bonchev–Trinajstić information content (AvgIpc) is 2.55. The van der Waals surface area contributed by atoms with Gasteiger partial charge in [0.25, 0.3) is 0 Å². The molecule has 0 aliphatic rings.